The number of ether oxygens (including phenoxy) is 1. The first-order chi connectivity index (χ1) is 12.9. The van der Waals surface area contributed by atoms with Crippen LogP contribution in [0.4, 0.5) is 0 Å². The van der Waals surface area contributed by atoms with Gasteiger partial charge in [-0.15, -0.1) is 0 Å². The van der Waals surface area contributed by atoms with E-state index in [4.69, 9.17) is 9.15 Å². The van der Waals surface area contributed by atoms with Crippen LogP contribution < -0.4 is 4.72 Å². The Morgan fingerprint density at radius 3 is 2.63 bits per heavy atom. The van der Waals surface area contributed by atoms with Crippen LogP contribution in [0.5, 0.6) is 0 Å². The first-order valence-corrected chi connectivity index (χ1v) is 9.77. The number of nitrogens with one attached hydrogen (secondary N) is 1. The Morgan fingerprint density at radius 1 is 1.07 bits per heavy atom. The fourth-order valence-corrected chi connectivity index (χ4v) is 3.53. The van der Waals surface area contributed by atoms with Crippen molar-refractivity contribution in [2.24, 2.45) is 0 Å². The zero-order valence-electron chi connectivity index (χ0n) is 14.7. The average molecular weight is 385 g/mol. The summed E-state index contributed by atoms with van der Waals surface area (Å²) in [5.74, 6) is -0.0908. The smallest absolute Gasteiger partial charge is 0.338 e. The molecule has 0 bridgehead atoms. The third-order valence-electron chi connectivity index (χ3n) is 3.85. The SMILES string of the molecule is Cc1cccc(COC(=O)c2cccc(S(=O)(=O)NCc3ccco3)c2)c1. The van der Waals surface area contributed by atoms with Crippen LogP contribution in [0.2, 0.25) is 0 Å². The van der Waals surface area contributed by atoms with E-state index < -0.39 is 16.0 Å². The van der Waals surface area contributed by atoms with E-state index in [1.165, 1.54) is 30.5 Å². The van der Waals surface area contributed by atoms with Crippen LogP contribution in [0.25, 0.3) is 0 Å². The molecule has 6 nitrogen and oxygen atoms in total. The maximum absolute atomic E-state index is 12.4. The number of furan rings is 1. The van der Waals surface area contributed by atoms with E-state index in [1.54, 1.807) is 12.1 Å². The highest BCUT2D eigenvalue weighted by atomic mass is 32.2. The van der Waals surface area contributed by atoms with Crippen molar-refractivity contribution in [2.45, 2.75) is 25.0 Å². The minimum atomic E-state index is -3.78. The number of hydrogen-bond donors (Lipinski definition) is 1. The summed E-state index contributed by atoms with van der Waals surface area (Å²) in [6, 6.07) is 16.7. The third kappa shape index (κ3) is 5.06. The van der Waals surface area contributed by atoms with Crippen molar-refractivity contribution in [3.63, 3.8) is 0 Å². The number of esters is 1. The molecule has 0 aliphatic carbocycles. The highest BCUT2D eigenvalue weighted by Crippen LogP contribution is 2.14. The van der Waals surface area contributed by atoms with Crippen molar-refractivity contribution in [3.05, 3.63) is 89.4 Å². The first-order valence-electron chi connectivity index (χ1n) is 8.29. The van der Waals surface area contributed by atoms with Gasteiger partial charge >= 0.3 is 5.97 Å². The number of sulfonamides is 1. The topological polar surface area (TPSA) is 85.6 Å². The predicted octanol–water partition coefficient (Wildman–Crippen LogP) is 3.42. The summed E-state index contributed by atoms with van der Waals surface area (Å²) >= 11 is 0. The summed E-state index contributed by atoms with van der Waals surface area (Å²) in [6.45, 7) is 2.10. The Hall–Kier alpha value is -2.90. The predicted molar refractivity (Wildman–Crippen MR) is 99.5 cm³/mol. The Bertz CT molecular complexity index is 1030. The molecule has 0 saturated heterocycles. The molecule has 0 aliphatic rings. The van der Waals surface area contributed by atoms with Gasteiger partial charge in [0.2, 0.25) is 10.0 Å². The molecule has 1 aromatic heterocycles. The summed E-state index contributed by atoms with van der Waals surface area (Å²) in [5.41, 5.74) is 2.11. The monoisotopic (exact) mass is 385 g/mol. The molecule has 7 heteroatoms. The van der Waals surface area contributed by atoms with Crippen molar-refractivity contribution in [2.75, 3.05) is 0 Å². The summed E-state index contributed by atoms with van der Waals surface area (Å²) in [5, 5.41) is 0. The summed E-state index contributed by atoms with van der Waals surface area (Å²) < 4.78 is 37.7. The number of rotatable bonds is 7. The van der Waals surface area contributed by atoms with Gasteiger partial charge in [-0.25, -0.2) is 17.9 Å². The molecule has 0 aliphatic heterocycles. The van der Waals surface area contributed by atoms with Crippen molar-refractivity contribution in [1.82, 2.24) is 4.72 Å². The Morgan fingerprint density at radius 2 is 1.89 bits per heavy atom. The van der Waals surface area contributed by atoms with E-state index in [-0.39, 0.29) is 23.6 Å². The molecule has 0 saturated carbocycles. The van der Waals surface area contributed by atoms with Crippen molar-refractivity contribution >= 4 is 16.0 Å². The molecule has 0 fully saturated rings. The molecule has 3 rings (SSSR count). The first kappa shape index (κ1) is 18.9. The van der Waals surface area contributed by atoms with Gasteiger partial charge in [-0.2, -0.15) is 0 Å². The molecule has 0 atom stereocenters. The normalized spacial score (nSPS) is 11.3. The number of aryl methyl sites for hydroxylation is 1. The van der Waals surface area contributed by atoms with Crippen LogP contribution in [0.3, 0.4) is 0 Å². The van der Waals surface area contributed by atoms with Crippen LogP contribution in [0, 0.1) is 6.92 Å². The zero-order chi connectivity index (χ0) is 19.3. The lowest BCUT2D eigenvalue weighted by Crippen LogP contribution is -2.23. The van der Waals surface area contributed by atoms with E-state index in [0.717, 1.165) is 11.1 Å². The van der Waals surface area contributed by atoms with Gasteiger partial charge in [-0.1, -0.05) is 35.9 Å². The second kappa shape index (κ2) is 8.20. The number of carbonyl (C=O) groups excluding carboxylic acids is 1. The molecule has 0 unspecified atom stereocenters. The zero-order valence-corrected chi connectivity index (χ0v) is 15.5. The van der Waals surface area contributed by atoms with Crippen LogP contribution in [0.1, 0.15) is 27.2 Å². The van der Waals surface area contributed by atoms with Gasteiger partial charge in [0.15, 0.2) is 0 Å². The third-order valence-corrected chi connectivity index (χ3v) is 5.25. The van der Waals surface area contributed by atoms with Gasteiger partial charge in [0, 0.05) is 0 Å². The number of benzene rings is 2. The van der Waals surface area contributed by atoms with Gasteiger partial charge in [-0.3, -0.25) is 0 Å². The summed E-state index contributed by atoms with van der Waals surface area (Å²) in [7, 11) is -3.78. The van der Waals surface area contributed by atoms with Crippen LogP contribution in [0.15, 0.2) is 76.2 Å². The second-order valence-electron chi connectivity index (χ2n) is 6.00. The van der Waals surface area contributed by atoms with Crippen LogP contribution in [-0.4, -0.2) is 14.4 Å². The Balaban J connectivity index is 1.67. The van der Waals surface area contributed by atoms with Crippen molar-refractivity contribution in [1.29, 1.82) is 0 Å². The van der Waals surface area contributed by atoms with Crippen LogP contribution in [-0.2, 0) is 27.9 Å². The maximum atomic E-state index is 12.4. The average Bonchev–Trinajstić information content (AvgIpc) is 3.18. The largest absolute Gasteiger partial charge is 0.468 e. The molecule has 27 heavy (non-hydrogen) atoms. The molecule has 1 heterocycles. The molecule has 1 N–H and O–H groups in total. The van der Waals surface area contributed by atoms with Crippen molar-refractivity contribution < 1.29 is 22.4 Å². The molecule has 0 amide bonds. The van der Waals surface area contributed by atoms with E-state index in [0.29, 0.717) is 5.76 Å². The van der Waals surface area contributed by atoms with Gasteiger partial charge in [-0.05, 0) is 42.8 Å². The Kier molecular flexibility index (Phi) is 5.73. The van der Waals surface area contributed by atoms with Crippen molar-refractivity contribution in [3.8, 4) is 0 Å². The second-order valence-corrected chi connectivity index (χ2v) is 7.76. The number of carbonyl (C=O) groups is 1. The minimum Gasteiger partial charge on any atom is -0.468 e. The fraction of sp³-hybridized carbons (Fsp3) is 0.150. The highest BCUT2D eigenvalue weighted by Gasteiger charge is 2.17. The van der Waals surface area contributed by atoms with Gasteiger partial charge in [0.1, 0.15) is 12.4 Å². The van der Waals surface area contributed by atoms with E-state index in [1.807, 2.05) is 31.2 Å². The lowest BCUT2D eigenvalue weighted by atomic mass is 10.1. The summed E-state index contributed by atoms with van der Waals surface area (Å²) in [6.07, 6.45) is 1.47. The maximum Gasteiger partial charge on any atom is 0.338 e. The molecule has 2 aromatic carbocycles. The summed E-state index contributed by atoms with van der Waals surface area (Å²) in [4.78, 5) is 12.3. The van der Waals surface area contributed by atoms with Gasteiger partial charge in [0.25, 0.3) is 0 Å². The Labute approximate surface area is 157 Å². The molecule has 0 spiro atoms. The van der Waals surface area contributed by atoms with Gasteiger partial charge in [0.05, 0.1) is 23.3 Å². The van der Waals surface area contributed by atoms with E-state index in [9.17, 15) is 13.2 Å². The fourth-order valence-electron chi connectivity index (χ4n) is 2.49. The molecular formula is C20H19NO5S. The minimum absolute atomic E-state index is 0.0148. The standard InChI is InChI=1S/C20H19NO5S/c1-15-5-2-6-16(11-15)14-26-20(22)17-7-3-9-19(12-17)27(23,24)21-13-18-8-4-10-25-18/h2-12,21H,13-14H2,1H3. The van der Waals surface area contributed by atoms with E-state index >= 15 is 0 Å². The quantitative estimate of drug-likeness (QED) is 0.630. The molecule has 3 aromatic rings. The lowest BCUT2D eigenvalue weighted by Gasteiger charge is -2.08. The number of hydrogen-bond acceptors (Lipinski definition) is 5. The lowest BCUT2D eigenvalue weighted by molar-refractivity contribution is 0.0472. The highest BCUT2D eigenvalue weighted by molar-refractivity contribution is 7.89. The van der Waals surface area contributed by atoms with E-state index in [2.05, 4.69) is 4.72 Å². The molecule has 0 radical (unpaired) electrons. The molecular weight excluding hydrogens is 366 g/mol. The molecule has 140 valence electrons. The van der Waals surface area contributed by atoms with Gasteiger partial charge < -0.3 is 9.15 Å². The van der Waals surface area contributed by atoms with Crippen LogP contribution >= 0.6 is 0 Å².